The van der Waals surface area contributed by atoms with Gasteiger partial charge in [0, 0.05) is 34.3 Å². The van der Waals surface area contributed by atoms with Crippen LogP contribution in [-0.2, 0) is 0 Å². The van der Waals surface area contributed by atoms with E-state index in [0.717, 1.165) is 28.4 Å². The van der Waals surface area contributed by atoms with Crippen molar-refractivity contribution in [2.75, 3.05) is 13.4 Å². The van der Waals surface area contributed by atoms with Crippen LogP contribution in [0.1, 0.15) is 21.7 Å². The van der Waals surface area contributed by atoms with Crippen LogP contribution in [0, 0.1) is 13.8 Å². The number of hydrogen-bond donors (Lipinski definition) is 0. The molecule has 0 atom stereocenters. The number of Topliss-reactive ketones (excluding diaryl/α,β-unsaturated/α-hetero) is 1. The van der Waals surface area contributed by atoms with Crippen molar-refractivity contribution in [3.8, 4) is 34.4 Å². The Balaban J connectivity index is 1.31. The second kappa shape index (κ2) is 7.64. The van der Waals surface area contributed by atoms with Crippen LogP contribution in [0.15, 0.2) is 59.3 Å². The van der Waals surface area contributed by atoms with E-state index in [9.17, 15) is 4.79 Å². The predicted molar refractivity (Wildman–Crippen MR) is 111 cm³/mol. The van der Waals surface area contributed by atoms with Gasteiger partial charge in [0.25, 0.3) is 0 Å². The molecule has 0 bridgehead atoms. The summed E-state index contributed by atoms with van der Waals surface area (Å²) < 4.78 is 23.8. The molecule has 0 unspecified atom stereocenters. The van der Waals surface area contributed by atoms with Crippen LogP contribution in [0.25, 0.3) is 17.1 Å². The summed E-state index contributed by atoms with van der Waals surface area (Å²) in [5.41, 5.74) is 4.11. The van der Waals surface area contributed by atoms with Crippen molar-refractivity contribution in [1.29, 1.82) is 0 Å². The maximum Gasteiger partial charge on any atom is 0.247 e. The van der Waals surface area contributed by atoms with Gasteiger partial charge in [-0.25, -0.2) is 0 Å². The number of hydrogen-bond acceptors (Lipinski definition) is 7. The molecule has 2 aromatic carbocycles. The minimum absolute atomic E-state index is 0.0642. The second-order valence-electron chi connectivity index (χ2n) is 7.14. The molecule has 0 aliphatic carbocycles. The molecule has 8 nitrogen and oxygen atoms in total. The predicted octanol–water partition coefficient (Wildman–Crippen LogP) is 4.13. The lowest BCUT2D eigenvalue weighted by Gasteiger charge is -2.11. The van der Waals surface area contributed by atoms with Crippen LogP contribution >= 0.6 is 0 Å². The molecule has 0 radical (unpaired) electrons. The molecule has 0 saturated carbocycles. The number of carbonyl (C=O) groups is 1. The van der Waals surface area contributed by atoms with Gasteiger partial charge in [-0.3, -0.25) is 4.79 Å². The lowest BCUT2D eigenvalue weighted by molar-refractivity contribution is 0.0921. The van der Waals surface area contributed by atoms with Crippen LogP contribution in [0.3, 0.4) is 0 Å². The fourth-order valence-electron chi connectivity index (χ4n) is 3.69. The number of aromatic nitrogens is 3. The first kappa shape index (κ1) is 18.9. The highest BCUT2D eigenvalue weighted by Crippen LogP contribution is 2.35. The Morgan fingerprint density at radius 3 is 2.65 bits per heavy atom. The third-order valence-electron chi connectivity index (χ3n) is 5.18. The summed E-state index contributed by atoms with van der Waals surface area (Å²) in [6.07, 6.45) is 1.28. The molecule has 0 spiro atoms. The summed E-state index contributed by atoms with van der Waals surface area (Å²) in [6.45, 7) is 4.04. The Bertz CT molecular complexity index is 1240. The van der Waals surface area contributed by atoms with Crippen molar-refractivity contribution >= 4 is 5.78 Å². The van der Waals surface area contributed by atoms with E-state index in [1.165, 1.54) is 6.39 Å². The van der Waals surface area contributed by atoms with E-state index in [0.29, 0.717) is 23.0 Å². The SMILES string of the molecule is Cc1cc(C(=O)COc2ccc(-c3nnco3)cc2)c(C)n1-c1ccc2c(c1)OCO2. The second-order valence-corrected chi connectivity index (χ2v) is 7.14. The average Bonchev–Trinajstić information content (AvgIpc) is 3.52. The van der Waals surface area contributed by atoms with Gasteiger partial charge in [-0.1, -0.05) is 0 Å². The molecular formula is C23H19N3O5. The molecule has 1 aliphatic heterocycles. The van der Waals surface area contributed by atoms with Crippen molar-refractivity contribution < 1.29 is 23.4 Å². The van der Waals surface area contributed by atoms with E-state index < -0.39 is 0 Å². The maximum absolute atomic E-state index is 12.9. The van der Waals surface area contributed by atoms with Gasteiger partial charge in [0.1, 0.15) is 5.75 Å². The molecule has 1 aliphatic rings. The van der Waals surface area contributed by atoms with E-state index in [-0.39, 0.29) is 19.2 Å². The Morgan fingerprint density at radius 1 is 1.06 bits per heavy atom. The first-order chi connectivity index (χ1) is 15.1. The molecule has 0 N–H and O–H groups in total. The summed E-state index contributed by atoms with van der Waals surface area (Å²) in [5, 5.41) is 7.53. The van der Waals surface area contributed by atoms with Gasteiger partial charge in [-0.2, -0.15) is 0 Å². The fourth-order valence-corrected chi connectivity index (χ4v) is 3.69. The quantitative estimate of drug-likeness (QED) is 0.436. The number of nitrogens with zero attached hydrogens (tertiary/aromatic N) is 3. The standard InChI is InChI=1S/C23H19N3O5/c1-14-9-19(15(2)26(14)17-5-8-21-22(10-17)31-13-30-21)20(27)11-28-18-6-3-16(4-7-18)23-25-24-12-29-23/h3-10,12H,11,13H2,1-2H3. The van der Waals surface area contributed by atoms with E-state index >= 15 is 0 Å². The van der Waals surface area contributed by atoms with Gasteiger partial charge in [0.2, 0.25) is 24.9 Å². The van der Waals surface area contributed by atoms with Crippen molar-refractivity contribution in [2.24, 2.45) is 0 Å². The van der Waals surface area contributed by atoms with Gasteiger partial charge in [0.05, 0.1) is 0 Å². The molecule has 0 amide bonds. The summed E-state index contributed by atoms with van der Waals surface area (Å²) >= 11 is 0. The van der Waals surface area contributed by atoms with Gasteiger partial charge in [0.15, 0.2) is 18.1 Å². The van der Waals surface area contributed by atoms with Crippen molar-refractivity contribution in [3.63, 3.8) is 0 Å². The Hall–Kier alpha value is -4.07. The zero-order valence-electron chi connectivity index (χ0n) is 17.0. The molecule has 0 fully saturated rings. The number of aryl methyl sites for hydroxylation is 1. The van der Waals surface area contributed by atoms with Crippen LogP contribution < -0.4 is 14.2 Å². The van der Waals surface area contributed by atoms with Crippen molar-refractivity contribution in [1.82, 2.24) is 14.8 Å². The zero-order chi connectivity index (χ0) is 21.4. The monoisotopic (exact) mass is 417 g/mol. The zero-order valence-corrected chi connectivity index (χ0v) is 17.0. The fraction of sp³-hybridized carbons (Fsp3) is 0.174. The molecule has 31 heavy (non-hydrogen) atoms. The Labute approximate surface area is 178 Å². The number of carbonyl (C=O) groups excluding carboxylic acids is 1. The lowest BCUT2D eigenvalue weighted by Crippen LogP contribution is -2.12. The first-order valence-corrected chi connectivity index (χ1v) is 9.72. The highest BCUT2D eigenvalue weighted by atomic mass is 16.7. The number of benzene rings is 2. The summed E-state index contributed by atoms with van der Waals surface area (Å²) in [6, 6.07) is 14.8. The number of rotatable bonds is 6. The third-order valence-corrected chi connectivity index (χ3v) is 5.18. The molecule has 8 heteroatoms. The Kier molecular flexibility index (Phi) is 4.66. The van der Waals surface area contributed by atoms with Crippen molar-refractivity contribution in [3.05, 3.63) is 71.9 Å². The summed E-state index contributed by atoms with van der Waals surface area (Å²) in [4.78, 5) is 12.9. The lowest BCUT2D eigenvalue weighted by atomic mass is 10.1. The van der Waals surface area contributed by atoms with Crippen LogP contribution in [-0.4, -0.2) is 33.9 Å². The molecule has 2 aromatic heterocycles. The largest absolute Gasteiger partial charge is 0.485 e. The molecular weight excluding hydrogens is 398 g/mol. The van der Waals surface area contributed by atoms with E-state index in [1.54, 1.807) is 24.3 Å². The topological polar surface area (TPSA) is 88.6 Å². The van der Waals surface area contributed by atoms with Crippen LogP contribution in [0.4, 0.5) is 0 Å². The van der Waals surface area contributed by atoms with Gasteiger partial charge < -0.3 is 23.2 Å². The maximum atomic E-state index is 12.9. The highest BCUT2D eigenvalue weighted by molar-refractivity contribution is 5.98. The smallest absolute Gasteiger partial charge is 0.247 e. The molecule has 0 saturated heterocycles. The van der Waals surface area contributed by atoms with E-state index in [1.807, 2.05) is 42.7 Å². The van der Waals surface area contributed by atoms with Gasteiger partial charge >= 0.3 is 0 Å². The first-order valence-electron chi connectivity index (χ1n) is 9.72. The number of ketones is 1. The van der Waals surface area contributed by atoms with E-state index in [2.05, 4.69) is 10.2 Å². The Morgan fingerprint density at radius 2 is 1.87 bits per heavy atom. The van der Waals surface area contributed by atoms with Gasteiger partial charge in [-0.15, -0.1) is 10.2 Å². The molecule has 5 rings (SSSR count). The molecule has 156 valence electrons. The average molecular weight is 417 g/mol. The minimum atomic E-state index is -0.0962. The summed E-state index contributed by atoms with van der Waals surface area (Å²) in [5.74, 6) is 2.34. The van der Waals surface area contributed by atoms with Crippen LogP contribution in [0.2, 0.25) is 0 Å². The number of fused-ring (bicyclic) bond motifs is 1. The third kappa shape index (κ3) is 3.52. The molecule has 3 heterocycles. The van der Waals surface area contributed by atoms with Gasteiger partial charge in [-0.05, 0) is 56.3 Å². The summed E-state index contributed by atoms with van der Waals surface area (Å²) in [7, 11) is 0. The van der Waals surface area contributed by atoms with Crippen LogP contribution in [0.5, 0.6) is 17.2 Å². The molecule has 4 aromatic rings. The number of ether oxygens (including phenoxy) is 3. The minimum Gasteiger partial charge on any atom is -0.485 e. The highest BCUT2D eigenvalue weighted by Gasteiger charge is 2.20. The van der Waals surface area contributed by atoms with E-state index in [4.69, 9.17) is 18.6 Å². The van der Waals surface area contributed by atoms with Crippen molar-refractivity contribution in [2.45, 2.75) is 13.8 Å². The normalized spacial score (nSPS) is 12.2.